The fourth-order valence-electron chi connectivity index (χ4n) is 2.22. The third kappa shape index (κ3) is 3.36. The van der Waals surface area contributed by atoms with Crippen molar-refractivity contribution in [3.05, 3.63) is 59.9 Å². The summed E-state index contributed by atoms with van der Waals surface area (Å²) in [4.78, 5) is 4.15. The van der Waals surface area contributed by atoms with Crippen molar-refractivity contribution in [1.29, 1.82) is 0 Å². The molecule has 2 unspecified atom stereocenters. The second-order valence-corrected chi connectivity index (χ2v) is 5.38. The maximum absolute atomic E-state index is 6.19. The summed E-state index contributed by atoms with van der Waals surface area (Å²) in [5.74, 6) is 1.31. The second-order valence-electron chi connectivity index (χ2n) is 5.38. The average Bonchev–Trinajstić information content (AvgIpc) is 2.45. The molecular weight excluding hydrogens is 248 g/mol. The second kappa shape index (κ2) is 6.53. The molecule has 1 heterocycles. The van der Waals surface area contributed by atoms with E-state index >= 15 is 0 Å². The molecule has 0 aliphatic rings. The smallest absolute Gasteiger partial charge is 0.140 e. The Morgan fingerprint density at radius 2 is 1.80 bits per heavy atom. The Labute approximate surface area is 120 Å². The molecule has 0 fully saturated rings. The monoisotopic (exact) mass is 270 g/mol. The molecule has 0 bridgehead atoms. The number of pyridine rings is 1. The van der Waals surface area contributed by atoms with Crippen LogP contribution in [-0.4, -0.2) is 11.0 Å². The quantitative estimate of drug-likeness (QED) is 0.901. The molecule has 3 heteroatoms. The van der Waals surface area contributed by atoms with Crippen LogP contribution >= 0.6 is 0 Å². The van der Waals surface area contributed by atoms with E-state index in [1.807, 2.05) is 43.5 Å². The minimum absolute atomic E-state index is 0.112. The number of rotatable bonds is 5. The van der Waals surface area contributed by atoms with Crippen LogP contribution in [0.4, 0.5) is 0 Å². The summed E-state index contributed by atoms with van der Waals surface area (Å²) in [6.07, 6.45) is 3.37. The van der Waals surface area contributed by atoms with Crippen LogP contribution < -0.4 is 10.5 Å². The molecule has 0 aliphatic heterocycles. The van der Waals surface area contributed by atoms with Crippen molar-refractivity contribution in [2.45, 2.75) is 38.8 Å². The van der Waals surface area contributed by atoms with E-state index in [4.69, 9.17) is 10.5 Å². The average molecular weight is 270 g/mol. The highest BCUT2D eigenvalue weighted by atomic mass is 16.5. The SMILES string of the molecule is CC(C)c1ccccc1OC(c1cccnc1)C(C)N. The Hall–Kier alpha value is -1.87. The molecule has 2 atom stereocenters. The molecule has 0 saturated carbocycles. The first-order valence-corrected chi connectivity index (χ1v) is 7.00. The van der Waals surface area contributed by atoms with Gasteiger partial charge in [-0.2, -0.15) is 0 Å². The van der Waals surface area contributed by atoms with Crippen LogP contribution in [0.1, 0.15) is 43.9 Å². The molecule has 1 aromatic carbocycles. The third-order valence-electron chi connectivity index (χ3n) is 3.29. The molecule has 3 nitrogen and oxygen atoms in total. The first-order chi connectivity index (χ1) is 9.59. The van der Waals surface area contributed by atoms with Crippen LogP contribution in [0, 0.1) is 0 Å². The summed E-state index contributed by atoms with van der Waals surface area (Å²) < 4.78 is 6.19. The van der Waals surface area contributed by atoms with Gasteiger partial charge in [0, 0.05) is 24.0 Å². The lowest BCUT2D eigenvalue weighted by Gasteiger charge is -2.24. The van der Waals surface area contributed by atoms with E-state index in [0.717, 1.165) is 11.3 Å². The molecule has 106 valence electrons. The summed E-state index contributed by atoms with van der Waals surface area (Å²) in [6, 6.07) is 11.9. The highest BCUT2D eigenvalue weighted by molar-refractivity contribution is 5.36. The minimum atomic E-state index is -0.191. The molecule has 0 aliphatic carbocycles. The van der Waals surface area contributed by atoms with Crippen LogP contribution in [0.5, 0.6) is 5.75 Å². The topological polar surface area (TPSA) is 48.1 Å². The normalized spacial score (nSPS) is 14.1. The number of ether oxygens (including phenoxy) is 1. The number of aromatic nitrogens is 1. The Bertz CT molecular complexity index is 538. The Kier molecular flexibility index (Phi) is 4.74. The summed E-state index contributed by atoms with van der Waals surface area (Å²) in [5.41, 5.74) is 8.29. The Balaban J connectivity index is 2.30. The lowest BCUT2D eigenvalue weighted by molar-refractivity contribution is 0.178. The predicted octanol–water partition coefficient (Wildman–Crippen LogP) is 3.67. The van der Waals surface area contributed by atoms with Crippen molar-refractivity contribution in [2.24, 2.45) is 5.73 Å². The first-order valence-electron chi connectivity index (χ1n) is 7.00. The van der Waals surface area contributed by atoms with Crippen molar-refractivity contribution in [2.75, 3.05) is 0 Å². The first kappa shape index (κ1) is 14.5. The highest BCUT2D eigenvalue weighted by Gasteiger charge is 2.20. The van der Waals surface area contributed by atoms with Crippen LogP contribution in [0.15, 0.2) is 48.8 Å². The van der Waals surface area contributed by atoms with E-state index in [2.05, 4.69) is 24.9 Å². The molecule has 20 heavy (non-hydrogen) atoms. The zero-order valence-electron chi connectivity index (χ0n) is 12.3. The minimum Gasteiger partial charge on any atom is -0.484 e. The molecule has 2 aromatic rings. The van der Waals surface area contributed by atoms with Crippen LogP contribution in [0.25, 0.3) is 0 Å². The zero-order chi connectivity index (χ0) is 14.5. The third-order valence-corrected chi connectivity index (χ3v) is 3.29. The van der Waals surface area contributed by atoms with Gasteiger partial charge in [-0.1, -0.05) is 38.1 Å². The molecule has 0 amide bonds. The number of para-hydroxylation sites is 1. The van der Waals surface area contributed by atoms with Gasteiger partial charge in [-0.3, -0.25) is 4.98 Å². The van der Waals surface area contributed by atoms with Gasteiger partial charge in [0.2, 0.25) is 0 Å². The fraction of sp³-hybridized carbons (Fsp3) is 0.353. The van der Waals surface area contributed by atoms with Gasteiger partial charge in [-0.15, -0.1) is 0 Å². The van der Waals surface area contributed by atoms with Gasteiger partial charge in [-0.25, -0.2) is 0 Å². The van der Waals surface area contributed by atoms with Crippen molar-refractivity contribution in [3.8, 4) is 5.75 Å². The number of hydrogen-bond donors (Lipinski definition) is 1. The van der Waals surface area contributed by atoms with E-state index < -0.39 is 0 Å². The van der Waals surface area contributed by atoms with Gasteiger partial charge < -0.3 is 10.5 Å². The molecule has 0 spiro atoms. The molecule has 1 aromatic heterocycles. The van der Waals surface area contributed by atoms with E-state index in [1.165, 1.54) is 5.56 Å². The zero-order valence-corrected chi connectivity index (χ0v) is 12.3. The summed E-state index contributed by atoms with van der Waals surface area (Å²) in [6.45, 7) is 6.27. The summed E-state index contributed by atoms with van der Waals surface area (Å²) >= 11 is 0. The Morgan fingerprint density at radius 3 is 2.40 bits per heavy atom. The van der Waals surface area contributed by atoms with Gasteiger partial charge in [-0.05, 0) is 30.5 Å². The van der Waals surface area contributed by atoms with Gasteiger partial charge in [0.1, 0.15) is 11.9 Å². The van der Waals surface area contributed by atoms with E-state index in [0.29, 0.717) is 5.92 Å². The van der Waals surface area contributed by atoms with E-state index in [9.17, 15) is 0 Å². The molecule has 2 N–H and O–H groups in total. The number of hydrogen-bond acceptors (Lipinski definition) is 3. The van der Waals surface area contributed by atoms with Crippen molar-refractivity contribution in [1.82, 2.24) is 4.98 Å². The van der Waals surface area contributed by atoms with Crippen molar-refractivity contribution >= 4 is 0 Å². The summed E-state index contributed by atoms with van der Waals surface area (Å²) in [5, 5.41) is 0. The van der Waals surface area contributed by atoms with E-state index in [-0.39, 0.29) is 12.1 Å². The van der Waals surface area contributed by atoms with Crippen LogP contribution in [-0.2, 0) is 0 Å². The van der Waals surface area contributed by atoms with Crippen LogP contribution in [0.2, 0.25) is 0 Å². The van der Waals surface area contributed by atoms with E-state index in [1.54, 1.807) is 6.20 Å². The molecule has 0 radical (unpaired) electrons. The van der Waals surface area contributed by atoms with Gasteiger partial charge >= 0.3 is 0 Å². The summed E-state index contributed by atoms with van der Waals surface area (Å²) in [7, 11) is 0. The van der Waals surface area contributed by atoms with Gasteiger partial charge in [0.25, 0.3) is 0 Å². The standard InChI is InChI=1S/C17H22N2O/c1-12(2)15-8-4-5-9-16(15)20-17(13(3)18)14-7-6-10-19-11-14/h4-13,17H,18H2,1-3H3. The number of benzene rings is 1. The predicted molar refractivity (Wildman–Crippen MR) is 81.8 cm³/mol. The lowest BCUT2D eigenvalue weighted by Crippen LogP contribution is -2.29. The van der Waals surface area contributed by atoms with Crippen molar-refractivity contribution in [3.63, 3.8) is 0 Å². The Morgan fingerprint density at radius 1 is 1.05 bits per heavy atom. The largest absolute Gasteiger partial charge is 0.484 e. The van der Waals surface area contributed by atoms with Crippen LogP contribution in [0.3, 0.4) is 0 Å². The molecule has 2 rings (SSSR count). The number of nitrogens with two attached hydrogens (primary N) is 1. The van der Waals surface area contributed by atoms with Gasteiger partial charge in [0.05, 0.1) is 0 Å². The highest BCUT2D eigenvalue weighted by Crippen LogP contribution is 2.30. The van der Waals surface area contributed by atoms with Gasteiger partial charge in [0.15, 0.2) is 0 Å². The number of nitrogens with zero attached hydrogens (tertiary/aromatic N) is 1. The molecular formula is C17H22N2O. The maximum Gasteiger partial charge on any atom is 0.140 e. The van der Waals surface area contributed by atoms with Crippen molar-refractivity contribution < 1.29 is 4.74 Å². The maximum atomic E-state index is 6.19. The fourth-order valence-corrected chi connectivity index (χ4v) is 2.22. The lowest BCUT2D eigenvalue weighted by atomic mass is 10.0. The molecule has 0 saturated heterocycles.